The molecule has 1 aliphatic carbocycles. The summed E-state index contributed by atoms with van der Waals surface area (Å²) in [5.74, 6) is -0.284. The fourth-order valence-corrected chi connectivity index (χ4v) is 5.11. The van der Waals surface area contributed by atoms with Crippen LogP contribution in [0.4, 0.5) is 5.82 Å². The average Bonchev–Trinajstić information content (AvgIpc) is 3.41. The van der Waals surface area contributed by atoms with Crippen LogP contribution in [0.1, 0.15) is 56.8 Å². The van der Waals surface area contributed by atoms with Crippen LogP contribution in [-0.2, 0) is 12.1 Å². The number of nitrogens with one attached hydrogen (secondary N) is 1. The minimum Gasteiger partial charge on any atom is -0.496 e. The molecule has 0 saturated carbocycles. The Balaban J connectivity index is 1.41. The summed E-state index contributed by atoms with van der Waals surface area (Å²) in [5, 5.41) is 18.6. The third kappa shape index (κ3) is 4.37. The van der Waals surface area contributed by atoms with Gasteiger partial charge in [0.05, 0.1) is 24.3 Å². The third-order valence-electron chi connectivity index (χ3n) is 7.01. The molecule has 0 bridgehead atoms. The molecule has 3 aromatic carbocycles. The van der Waals surface area contributed by atoms with Crippen molar-refractivity contribution in [2.24, 2.45) is 5.73 Å². The lowest BCUT2D eigenvalue weighted by Gasteiger charge is -2.18. The Morgan fingerprint density at radius 3 is 2.50 bits per heavy atom. The molecule has 0 aliphatic heterocycles. The average molecular weight is 512 g/mol. The number of aromatic nitrogens is 2. The van der Waals surface area contributed by atoms with Crippen molar-refractivity contribution in [3.8, 4) is 17.0 Å². The van der Waals surface area contributed by atoms with Gasteiger partial charge < -0.3 is 26.6 Å². The summed E-state index contributed by atoms with van der Waals surface area (Å²) in [4.78, 5) is 25.0. The number of nitrogens with zero attached hydrogens (tertiary/aromatic N) is 2. The zero-order valence-electron chi connectivity index (χ0n) is 21.1. The number of nitrogen functional groups attached to an aromatic ring is 1. The summed E-state index contributed by atoms with van der Waals surface area (Å²) >= 11 is 0. The van der Waals surface area contributed by atoms with Gasteiger partial charge in [0.1, 0.15) is 22.8 Å². The number of nitrogens with two attached hydrogens (primary N) is 2. The fourth-order valence-electron chi connectivity index (χ4n) is 5.11. The molecule has 5 rings (SSSR count). The van der Waals surface area contributed by atoms with Crippen molar-refractivity contribution in [3.63, 3.8) is 0 Å². The largest absolute Gasteiger partial charge is 0.496 e. The van der Waals surface area contributed by atoms with Crippen molar-refractivity contribution < 1.29 is 19.4 Å². The van der Waals surface area contributed by atoms with E-state index in [1.54, 1.807) is 35.9 Å². The number of rotatable bonds is 7. The molecule has 2 amide bonds. The van der Waals surface area contributed by atoms with Gasteiger partial charge in [0.15, 0.2) is 0 Å². The van der Waals surface area contributed by atoms with Gasteiger partial charge in [0, 0.05) is 18.5 Å². The number of hydrogen-bond acceptors (Lipinski definition) is 6. The molecule has 1 aliphatic rings. The number of carbonyl (C=O) groups is 2. The summed E-state index contributed by atoms with van der Waals surface area (Å²) in [5.41, 5.74) is 15.2. The maximum Gasteiger partial charge on any atom is 0.255 e. The number of para-hydroxylation sites is 1. The molecule has 1 heterocycles. The number of ether oxygens (including phenoxy) is 1. The maximum atomic E-state index is 12.6. The molecule has 0 spiro atoms. The van der Waals surface area contributed by atoms with Crippen molar-refractivity contribution in [1.82, 2.24) is 15.1 Å². The van der Waals surface area contributed by atoms with Gasteiger partial charge in [-0.3, -0.25) is 9.59 Å². The molecule has 1 unspecified atom stereocenters. The topological polar surface area (TPSA) is 145 Å². The van der Waals surface area contributed by atoms with Gasteiger partial charge in [0.25, 0.3) is 11.8 Å². The van der Waals surface area contributed by atoms with Crippen LogP contribution < -0.4 is 21.5 Å². The Morgan fingerprint density at radius 2 is 1.79 bits per heavy atom. The molecule has 0 radical (unpaired) electrons. The van der Waals surface area contributed by atoms with Crippen molar-refractivity contribution in [1.29, 1.82) is 0 Å². The second-order valence-electron chi connectivity index (χ2n) is 9.58. The molecular weight excluding hydrogens is 482 g/mol. The minimum atomic E-state index is -1.05. The molecule has 6 N–H and O–H groups in total. The van der Waals surface area contributed by atoms with Crippen LogP contribution in [0.3, 0.4) is 0 Å². The van der Waals surface area contributed by atoms with E-state index in [9.17, 15) is 14.7 Å². The SMILES string of the molecule is COc1ccccc1C(=O)NCc1ccc(-c2nn(C3C[C@](C)(O)c4ccccc43)c(N)c2C(N)=O)cc1. The van der Waals surface area contributed by atoms with Crippen LogP contribution >= 0.6 is 0 Å². The first-order valence-corrected chi connectivity index (χ1v) is 12.2. The number of fused-ring (bicyclic) bond motifs is 1. The second-order valence-corrected chi connectivity index (χ2v) is 9.58. The van der Waals surface area contributed by atoms with Crippen molar-refractivity contribution in [2.75, 3.05) is 12.8 Å². The first-order valence-electron chi connectivity index (χ1n) is 12.2. The highest BCUT2D eigenvalue weighted by atomic mass is 16.5. The first kappa shape index (κ1) is 25.0. The zero-order chi connectivity index (χ0) is 27.0. The van der Waals surface area contributed by atoms with Gasteiger partial charge in [-0.15, -0.1) is 0 Å². The van der Waals surface area contributed by atoms with Crippen LogP contribution in [0.5, 0.6) is 5.75 Å². The number of amides is 2. The van der Waals surface area contributed by atoms with E-state index < -0.39 is 11.5 Å². The molecule has 194 valence electrons. The minimum absolute atomic E-state index is 0.131. The van der Waals surface area contributed by atoms with Crippen LogP contribution in [0, 0.1) is 0 Å². The predicted molar refractivity (Wildman–Crippen MR) is 144 cm³/mol. The molecule has 2 atom stereocenters. The van der Waals surface area contributed by atoms with Crippen molar-refractivity contribution in [2.45, 2.75) is 31.5 Å². The standard InChI is InChI=1S/C29H29N5O4/c1-29(37)15-22(19-7-3-5-9-21(19)29)34-26(30)24(27(31)35)25(33-34)18-13-11-17(12-14-18)16-32-28(36)20-8-4-6-10-23(20)38-2/h3-14,22,37H,15-16,30H2,1-2H3,(H2,31,35)(H,32,36)/t22?,29-/m0/s1. The van der Waals surface area contributed by atoms with Crippen LogP contribution in [0.15, 0.2) is 72.8 Å². The van der Waals surface area contributed by atoms with Gasteiger partial charge in [-0.2, -0.15) is 5.10 Å². The van der Waals surface area contributed by atoms with E-state index >= 15 is 0 Å². The van der Waals surface area contributed by atoms with E-state index in [1.165, 1.54) is 7.11 Å². The summed E-state index contributed by atoms with van der Waals surface area (Å²) in [6.07, 6.45) is 0.362. The van der Waals surface area contributed by atoms with E-state index in [-0.39, 0.29) is 23.3 Å². The fraction of sp³-hybridized carbons (Fsp3) is 0.207. The summed E-state index contributed by atoms with van der Waals surface area (Å²) < 4.78 is 6.84. The van der Waals surface area contributed by atoms with E-state index in [4.69, 9.17) is 21.3 Å². The summed E-state index contributed by atoms with van der Waals surface area (Å²) in [7, 11) is 1.52. The van der Waals surface area contributed by atoms with Crippen LogP contribution in [-0.4, -0.2) is 33.8 Å². The monoisotopic (exact) mass is 511 g/mol. The molecule has 9 nitrogen and oxygen atoms in total. The Bertz CT molecular complexity index is 1520. The first-order chi connectivity index (χ1) is 18.2. The molecular formula is C29H29N5O4. The lowest BCUT2D eigenvalue weighted by molar-refractivity contribution is 0.0511. The lowest BCUT2D eigenvalue weighted by Crippen LogP contribution is -2.23. The Kier molecular flexibility index (Phi) is 6.38. The molecule has 0 saturated heterocycles. The van der Waals surface area contributed by atoms with Crippen LogP contribution in [0.25, 0.3) is 11.3 Å². The zero-order valence-corrected chi connectivity index (χ0v) is 21.1. The van der Waals surface area contributed by atoms with Gasteiger partial charge in [-0.05, 0) is 35.7 Å². The number of benzene rings is 3. The highest BCUT2D eigenvalue weighted by Gasteiger charge is 2.41. The highest BCUT2D eigenvalue weighted by molar-refractivity contribution is 6.03. The number of methoxy groups -OCH3 is 1. The number of anilines is 1. The van der Waals surface area contributed by atoms with Crippen LogP contribution in [0.2, 0.25) is 0 Å². The maximum absolute atomic E-state index is 12.6. The van der Waals surface area contributed by atoms with E-state index in [2.05, 4.69) is 5.32 Å². The van der Waals surface area contributed by atoms with E-state index in [0.29, 0.717) is 35.5 Å². The summed E-state index contributed by atoms with van der Waals surface area (Å²) in [6.45, 7) is 2.05. The number of carbonyl (C=O) groups excluding carboxylic acids is 2. The molecule has 38 heavy (non-hydrogen) atoms. The van der Waals surface area contributed by atoms with Gasteiger partial charge in [-0.25, -0.2) is 4.68 Å². The number of aliphatic hydroxyl groups is 1. The lowest BCUT2D eigenvalue weighted by atomic mass is 9.99. The number of primary amides is 1. The van der Waals surface area contributed by atoms with E-state index in [1.807, 2.05) is 48.5 Å². The van der Waals surface area contributed by atoms with Gasteiger partial charge in [0.2, 0.25) is 0 Å². The van der Waals surface area contributed by atoms with Crippen molar-refractivity contribution in [3.05, 3.63) is 101 Å². The number of hydrogen-bond donors (Lipinski definition) is 4. The Hall–Kier alpha value is -4.63. The van der Waals surface area contributed by atoms with Gasteiger partial charge >= 0.3 is 0 Å². The molecule has 0 fully saturated rings. The third-order valence-corrected chi connectivity index (χ3v) is 7.01. The molecule has 1 aromatic heterocycles. The quantitative estimate of drug-likeness (QED) is 0.299. The predicted octanol–water partition coefficient (Wildman–Crippen LogP) is 3.37. The van der Waals surface area contributed by atoms with Gasteiger partial charge in [-0.1, -0.05) is 60.7 Å². The van der Waals surface area contributed by atoms with E-state index in [0.717, 1.165) is 16.7 Å². The summed E-state index contributed by atoms with van der Waals surface area (Å²) in [6, 6.07) is 21.5. The van der Waals surface area contributed by atoms with Crippen molar-refractivity contribution >= 4 is 17.6 Å². The molecule has 9 heteroatoms. The highest BCUT2D eigenvalue weighted by Crippen LogP contribution is 2.46. The molecule has 4 aromatic rings. The Morgan fingerprint density at radius 1 is 1.11 bits per heavy atom. The Labute approximate surface area is 220 Å². The smallest absolute Gasteiger partial charge is 0.255 e. The second kappa shape index (κ2) is 9.68. The normalized spacial score (nSPS) is 18.1.